The molecular formula is C14H12BrN3. The molecule has 2 rings (SSSR count). The number of nitrogens with zero attached hydrogens (tertiary/aromatic N) is 2. The molecule has 0 unspecified atom stereocenters. The molecule has 0 aliphatic heterocycles. The van der Waals surface area contributed by atoms with Crippen LogP contribution in [0.5, 0.6) is 0 Å². The highest BCUT2D eigenvalue weighted by atomic mass is 79.9. The topological polar surface area (TPSA) is 48.7 Å². The Kier molecular flexibility index (Phi) is 3.96. The van der Waals surface area contributed by atoms with Crippen molar-refractivity contribution in [3.8, 4) is 17.3 Å². The number of nitrogens with one attached hydrogen (secondary N) is 1. The molecule has 3 nitrogen and oxygen atoms in total. The monoisotopic (exact) mass is 301 g/mol. The van der Waals surface area contributed by atoms with Gasteiger partial charge in [0.15, 0.2) is 0 Å². The molecule has 1 N–H and O–H groups in total. The Labute approximate surface area is 115 Å². The van der Waals surface area contributed by atoms with Crippen LogP contribution in [0, 0.1) is 11.3 Å². The lowest BCUT2D eigenvalue weighted by atomic mass is 10.1. The first-order valence-electron chi connectivity index (χ1n) is 5.65. The molecule has 0 spiro atoms. The van der Waals surface area contributed by atoms with Crippen LogP contribution in [0.4, 0.5) is 5.82 Å². The van der Waals surface area contributed by atoms with Gasteiger partial charge in [0.1, 0.15) is 11.9 Å². The van der Waals surface area contributed by atoms with Gasteiger partial charge >= 0.3 is 0 Å². The normalized spacial score (nSPS) is 9.83. The van der Waals surface area contributed by atoms with Crippen LogP contribution in [-0.4, -0.2) is 11.5 Å². The third-order valence-electron chi connectivity index (χ3n) is 2.50. The number of hydrogen-bond donors (Lipinski definition) is 1. The number of anilines is 1. The highest BCUT2D eigenvalue weighted by Crippen LogP contribution is 2.23. The van der Waals surface area contributed by atoms with E-state index in [1.807, 2.05) is 37.3 Å². The second-order valence-electron chi connectivity index (χ2n) is 3.74. The number of benzene rings is 1. The predicted octanol–water partition coefficient (Wildman–Crippen LogP) is 3.81. The van der Waals surface area contributed by atoms with Gasteiger partial charge in [-0.3, -0.25) is 0 Å². The fourth-order valence-corrected chi connectivity index (χ4v) is 1.90. The lowest BCUT2D eigenvalue weighted by Gasteiger charge is -2.07. The van der Waals surface area contributed by atoms with Gasteiger partial charge in [0.05, 0.1) is 11.3 Å². The Morgan fingerprint density at radius 3 is 2.56 bits per heavy atom. The van der Waals surface area contributed by atoms with Gasteiger partial charge in [0.2, 0.25) is 0 Å². The van der Waals surface area contributed by atoms with Gasteiger partial charge in [-0.2, -0.15) is 5.26 Å². The summed E-state index contributed by atoms with van der Waals surface area (Å²) in [6, 6.07) is 13.7. The average molecular weight is 302 g/mol. The van der Waals surface area contributed by atoms with Crippen molar-refractivity contribution in [2.24, 2.45) is 0 Å². The summed E-state index contributed by atoms with van der Waals surface area (Å²) in [5.74, 6) is 0.639. The Bertz CT molecular complexity index is 585. The van der Waals surface area contributed by atoms with Crippen molar-refractivity contribution in [3.05, 3.63) is 46.4 Å². The van der Waals surface area contributed by atoms with E-state index in [1.54, 1.807) is 6.07 Å². The first-order valence-corrected chi connectivity index (χ1v) is 6.45. The van der Waals surface area contributed by atoms with E-state index in [2.05, 4.69) is 32.3 Å². The lowest BCUT2D eigenvalue weighted by Crippen LogP contribution is -2.02. The van der Waals surface area contributed by atoms with Crippen molar-refractivity contribution < 1.29 is 0 Å². The molecule has 0 atom stereocenters. The van der Waals surface area contributed by atoms with E-state index < -0.39 is 0 Å². The molecular weight excluding hydrogens is 290 g/mol. The van der Waals surface area contributed by atoms with Gasteiger partial charge in [-0.25, -0.2) is 4.98 Å². The van der Waals surface area contributed by atoms with Crippen LogP contribution in [0.3, 0.4) is 0 Å². The Morgan fingerprint density at radius 2 is 1.94 bits per heavy atom. The maximum atomic E-state index is 9.01. The fraction of sp³-hybridized carbons (Fsp3) is 0.143. The standard InChI is InChI=1S/C14H12BrN3/c1-2-17-14-11(9-16)5-8-13(18-14)10-3-6-12(15)7-4-10/h3-8H,2H2,1H3,(H,17,18). The molecule has 2 aromatic rings. The van der Waals surface area contributed by atoms with Crippen molar-refractivity contribution in [1.29, 1.82) is 5.26 Å². The zero-order valence-corrected chi connectivity index (χ0v) is 11.5. The molecule has 18 heavy (non-hydrogen) atoms. The SMILES string of the molecule is CCNc1nc(-c2ccc(Br)cc2)ccc1C#N. The molecule has 0 aliphatic rings. The Morgan fingerprint density at radius 1 is 1.22 bits per heavy atom. The van der Waals surface area contributed by atoms with E-state index in [0.29, 0.717) is 11.4 Å². The molecule has 0 bridgehead atoms. The van der Waals surface area contributed by atoms with Crippen molar-refractivity contribution in [3.63, 3.8) is 0 Å². The Hall–Kier alpha value is -1.86. The van der Waals surface area contributed by atoms with E-state index in [0.717, 1.165) is 22.3 Å². The maximum absolute atomic E-state index is 9.01. The van der Waals surface area contributed by atoms with Crippen molar-refractivity contribution in [2.75, 3.05) is 11.9 Å². The minimum Gasteiger partial charge on any atom is -0.369 e. The molecule has 1 aromatic carbocycles. The summed E-state index contributed by atoms with van der Waals surface area (Å²) in [6.45, 7) is 2.72. The molecule has 0 radical (unpaired) electrons. The van der Waals surface area contributed by atoms with Crippen LogP contribution < -0.4 is 5.32 Å². The van der Waals surface area contributed by atoms with Gasteiger partial charge in [-0.1, -0.05) is 28.1 Å². The zero-order valence-electron chi connectivity index (χ0n) is 9.94. The number of rotatable bonds is 3. The van der Waals surface area contributed by atoms with Crippen LogP contribution in [0.2, 0.25) is 0 Å². The minimum atomic E-state index is 0.567. The summed E-state index contributed by atoms with van der Waals surface area (Å²) >= 11 is 3.40. The smallest absolute Gasteiger partial charge is 0.144 e. The molecule has 1 aromatic heterocycles. The second-order valence-corrected chi connectivity index (χ2v) is 4.66. The third kappa shape index (κ3) is 2.69. The summed E-state index contributed by atoms with van der Waals surface area (Å²) in [6.07, 6.45) is 0. The summed E-state index contributed by atoms with van der Waals surface area (Å²) in [4.78, 5) is 4.48. The molecule has 0 aliphatic carbocycles. The van der Waals surface area contributed by atoms with E-state index >= 15 is 0 Å². The Balaban J connectivity index is 2.43. The molecule has 0 saturated carbocycles. The maximum Gasteiger partial charge on any atom is 0.144 e. The summed E-state index contributed by atoms with van der Waals surface area (Å²) in [7, 11) is 0. The molecule has 90 valence electrons. The highest BCUT2D eigenvalue weighted by molar-refractivity contribution is 9.10. The third-order valence-corrected chi connectivity index (χ3v) is 3.03. The van der Waals surface area contributed by atoms with E-state index in [1.165, 1.54) is 0 Å². The number of aromatic nitrogens is 1. The van der Waals surface area contributed by atoms with Gasteiger partial charge < -0.3 is 5.32 Å². The van der Waals surface area contributed by atoms with Crippen LogP contribution in [0.15, 0.2) is 40.9 Å². The quantitative estimate of drug-likeness (QED) is 0.937. The van der Waals surface area contributed by atoms with Crippen LogP contribution in [0.25, 0.3) is 11.3 Å². The summed E-state index contributed by atoms with van der Waals surface area (Å²) in [5.41, 5.74) is 2.46. The predicted molar refractivity (Wildman–Crippen MR) is 76.3 cm³/mol. The summed E-state index contributed by atoms with van der Waals surface area (Å²) in [5, 5.41) is 12.1. The highest BCUT2D eigenvalue weighted by Gasteiger charge is 2.06. The van der Waals surface area contributed by atoms with E-state index in [4.69, 9.17) is 5.26 Å². The van der Waals surface area contributed by atoms with Gasteiger partial charge in [0, 0.05) is 16.6 Å². The first-order chi connectivity index (χ1) is 8.74. The molecule has 4 heteroatoms. The van der Waals surface area contributed by atoms with E-state index in [9.17, 15) is 0 Å². The second kappa shape index (κ2) is 5.65. The van der Waals surface area contributed by atoms with Crippen LogP contribution in [-0.2, 0) is 0 Å². The number of hydrogen-bond acceptors (Lipinski definition) is 3. The molecule has 0 saturated heterocycles. The molecule has 0 fully saturated rings. The molecule has 1 heterocycles. The summed E-state index contributed by atoms with van der Waals surface area (Å²) < 4.78 is 1.03. The lowest BCUT2D eigenvalue weighted by molar-refractivity contribution is 1.15. The number of pyridine rings is 1. The first kappa shape index (κ1) is 12.6. The van der Waals surface area contributed by atoms with Crippen molar-refractivity contribution in [1.82, 2.24) is 4.98 Å². The van der Waals surface area contributed by atoms with Gasteiger partial charge in [-0.05, 0) is 31.2 Å². The minimum absolute atomic E-state index is 0.567. The van der Waals surface area contributed by atoms with Crippen LogP contribution >= 0.6 is 15.9 Å². The van der Waals surface area contributed by atoms with Gasteiger partial charge in [0.25, 0.3) is 0 Å². The van der Waals surface area contributed by atoms with Crippen molar-refractivity contribution in [2.45, 2.75) is 6.92 Å². The van der Waals surface area contributed by atoms with Crippen LogP contribution in [0.1, 0.15) is 12.5 Å². The van der Waals surface area contributed by atoms with Crippen molar-refractivity contribution >= 4 is 21.7 Å². The number of halogens is 1. The zero-order chi connectivity index (χ0) is 13.0. The average Bonchev–Trinajstić information content (AvgIpc) is 2.40. The van der Waals surface area contributed by atoms with E-state index in [-0.39, 0.29) is 0 Å². The molecule has 0 amide bonds. The number of nitriles is 1. The van der Waals surface area contributed by atoms with Gasteiger partial charge in [-0.15, -0.1) is 0 Å². The fourth-order valence-electron chi connectivity index (χ4n) is 1.63. The largest absolute Gasteiger partial charge is 0.369 e.